The lowest BCUT2D eigenvalue weighted by molar-refractivity contribution is 0.182. The van der Waals surface area contributed by atoms with Crippen molar-refractivity contribution < 1.29 is 4.74 Å². The van der Waals surface area contributed by atoms with Gasteiger partial charge in [-0.05, 0) is 44.0 Å². The Morgan fingerprint density at radius 3 is 3.04 bits per heavy atom. The summed E-state index contributed by atoms with van der Waals surface area (Å²) in [5.41, 5.74) is 2.08. The van der Waals surface area contributed by atoms with Gasteiger partial charge < -0.3 is 14.2 Å². The molecule has 2 aliphatic rings. The van der Waals surface area contributed by atoms with Crippen molar-refractivity contribution >= 4 is 11.2 Å². The Labute approximate surface area is 137 Å². The van der Waals surface area contributed by atoms with Gasteiger partial charge in [0.1, 0.15) is 11.3 Å². The average molecular weight is 314 g/mol. The Hall–Kier alpha value is -1.46. The molecule has 0 radical (unpaired) electrons. The summed E-state index contributed by atoms with van der Waals surface area (Å²) in [5.74, 6) is 2.54. The van der Waals surface area contributed by atoms with Crippen molar-refractivity contribution in [3.63, 3.8) is 0 Å². The highest BCUT2D eigenvalue weighted by Crippen LogP contribution is 2.25. The summed E-state index contributed by atoms with van der Waals surface area (Å²) < 4.78 is 7.92. The molecule has 2 unspecified atom stereocenters. The van der Waals surface area contributed by atoms with E-state index in [1.165, 1.54) is 25.3 Å². The van der Waals surface area contributed by atoms with Crippen LogP contribution in [0.4, 0.5) is 0 Å². The van der Waals surface area contributed by atoms with Crippen molar-refractivity contribution in [3.05, 3.63) is 24.2 Å². The molecule has 4 heterocycles. The first kappa shape index (κ1) is 15.1. The molecule has 0 aromatic carbocycles. The Morgan fingerprint density at radius 2 is 2.26 bits per heavy atom. The van der Waals surface area contributed by atoms with Crippen LogP contribution < -0.4 is 0 Å². The minimum Gasteiger partial charge on any atom is -0.381 e. The van der Waals surface area contributed by atoms with E-state index in [4.69, 9.17) is 9.72 Å². The van der Waals surface area contributed by atoms with Crippen LogP contribution in [0.25, 0.3) is 11.2 Å². The summed E-state index contributed by atoms with van der Waals surface area (Å²) >= 11 is 0. The number of likely N-dealkylation sites (tertiary alicyclic amines) is 1. The molecule has 4 rings (SSSR count). The highest BCUT2D eigenvalue weighted by Gasteiger charge is 2.25. The van der Waals surface area contributed by atoms with Crippen LogP contribution in [-0.4, -0.2) is 52.3 Å². The van der Waals surface area contributed by atoms with Crippen molar-refractivity contribution in [1.29, 1.82) is 0 Å². The first-order valence-corrected chi connectivity index (χ1v) is 8.93. The zero-order chi connectivity index (χ0) is 15.6. The van der Waals surface area contributed by atoms with Crippen LogP contribution in [0.1, 0.15) is 25.6 Å². The number of hydrogen-bond donors (Lipinski definition) is 0. The van der Waals surface area contributed by atoms with Crippen LogP contribution in [0, 0.1) is 11.8 Å². The van der Waals surface area contributed by atoms with Crippen molar-refractivity contribution in [2.75, 3.05) is 32.8 Å². The molecule has 2 saturated heterocycles. The lowest BCUT2D eigenvalue weighted by Crippen LogP contribution is -2.21. The van der Waals surface area contributed by atoms with E-state index in [-0.39, 0.29) is 0 Å². The molecule has 124 valence electrons. The topological polar surface area (TPSA) is 43.2 Å². The van der Waals surface area contributed by atoms with Gasteiger partial charge in [-0.1, -0.05) is 6.92 Å². The summed E-state index contributed by atoms with van der Waals surface area (Å²) in [6.07, 6.45) is 5.39. The van der Waals surface area contributed by atoms with Gasteiger partial charge in [0.25, 0.3) is 0 Å². The molecule has 0 aliphatic carbocycles. The Bertz CT molecular complexity index is 662. The molecule has 0 bridgehead atoms. The highest BCUT2D eigenvalue weighted by molar-refractivity contribution is 5.71. The van der Waals surface area contributed by atoms with E-state index in [9.17, 15) is 0 Å². The standard InChI is InChI=1S/C18H26N4O/c1-2-21-8-5-14(11-21)10-17-20-16-4-3-7-19-18(16)22(17)12-15-6-9-23-13-15/h3-4,7,14-15H,2,5-6,8-13H2,1H3. The number of pyridine rings is 1. The minimum atomic E-state index is 0.601. The molecular weight excluding hydrogens is 288 g/mol. The molecule has 2 aromatic heterocycles. The normalized spacial score (nSPS) is 25.6. The van der Waals surface area contributed by atoms with Gasteiger partial charge in [0, 0.05) is 38.2 Å². The van der Waals surface area contributed by atoms with Gasteiger partial charge in [-0.25, -0.2) is 9.97 Å². The molecule has 5 heteroatoms. The fourth-order valence-electron chi connectivity index (χ4n) is 3.96. The van der Waals surface area contributed by atoms with Crippen molar-refractivity contribution in [1.82, 2.24) is 19.4 Å². The van der Waals surface area contributed by atoms with Gasteiger partial charge >= 0.3 is 0 Å². The van der Waals surface area contributed by atoms with E-state index >= 15 is 0 Å². The fourth-order valence-corrected chi connectivity index (χ4v) is 3.96. The minimum absolute atomic E-state index is 0.601. The Balaban J connectivity index is 1.59. The summed E-state index contributed by atoms with van der Waals surface area (Å²) in [6, 6.07) is 4.07. The van der Waals surface area contributed by atoms with Gasteiger partial charge in [-0.15, -0.1) is 0 Å². The number of rotatable bonds is 5. The van der Waals surface area contributed by atoms with Gasteiger partial charge in [0.05, 0.1) is 6.61 Å². The maximum Gasteiger partial charge on any atom is 0.159 e. The Morgan fingerprint density at radius 1 is 1.30 bits per heavy atom. The predicted molar refractivity (Wildman–Crippen MR) is 90.4 cm³/mol. The average Bonchev–Trinajstić information content (AvgIpc) is 3.30. The van der Waals surface area contributed by atoms with Crippen molar-refractivity contribution in [2.45, 2.75) is 32.7 Å². The van der Waals surface area contributed by atoms with Crippen LogP contribution >= 0.6 is 0 Å². The third kappa shape index (κ3) is 3.12. The van der Waals surface area contributed by atoms with E-state index in [2.05, 4.69) is 27.4 Å². The fraction of sp³-hybridized carbons (Fsp3) is 0.667. The number of fused-ring (bicyclic) bond motifs is 1. The molecule has 0 saturated carbocycles. The first-order chi connectivity index (χ1) is 11.3. The number of aromatic nitrogens is 3. The van der Waals surface area contributed by atoms with E-state index in [1.54, 1.807) is 0 Å². The zero-order valence-corrected chi connectivity index (χ0v) is 13.9. The number of nitrogens with zero attached hydrogens (tertiary/aromatic N) is 4. The molecule has 0 N–H and O–H groups in total. The van der Waals surface area contributed by atoms with Gasteiger partial charge in [-0.3, -0.25) is 0 Å². The summed E-state index contributed by atoms with van der Waals surface area (Å²) in [7, 11) is 0. The van der Waals surface area contributed by atoms with E-state index in [1.807, 2.05) is 12.3 Å². The van der Waals surface area contributed by atoms with Gasteiger partial charge in [0.15, 0.2) is 5.65 Å². The molecule has 2 fully saturated rings. The van der Waals surface area contributed by atoms with E-state index in [0.717, 1.165) is 56.2 Å². The Kier molecular flexibility index (Phi) is 4.31. The van der Waals surface area contributed by atoms with Crippen molar-refractivity contribution in [2.24, 2.45) is 11.8 Å². The van der Waals surface area contributed by atoms with Crippen LogP contribution in [0.2, 0.25) is 0 Å². The highest BCUT2D eigenvalue weighted by atomic mass is 16.5. The largest absolute Gasteiger partial charge is 0.381 e. The van der Waals surface area contributed by atoms with Gasteiger partial charge in [-0.2, -0.15) is 0 Å². The molecular formula is C18H26N4O. The maximum atomic E-state index is 5.56. The zero-order valence-electron chi connectivity index (χ0n) is 13.9. The molecule has 0 spiro atoms. The smallest absolute Gasteiger partial charge is 0.159 e. The number of imidazole rings is 1. The molecule has 5 nitrogen and oxygen atoms in total. The lowest BCUT2D eigenvalue weighted by atomic mass is 10.0. The van der Waals surface area contributed by atoms with E-state index < -0.39 is 0 Å². The van der Waals surface area contributed by atoms with Crippen LogP contribution in [0.15, 0.2) is 18.3 Å². The molecule has 2 aromatic rings. The van der Waals surface area contributed by atoms with Gasteiger partial charge in [0.2, 0.25) is 0 Å². The maximum absolute atomic E-state index is 5.56. The SMILES string of the molecule is CCN1CCC(Cc2nc3cccnc3n2CC2CCOC2)C1. The lowest BCUT2D eigenvalue weighted by Gasteiger charge is -2.16. The molecule has 23 heavy (non-hydrogen) atoms. The quantitative estimate of drug-likeness (QED) is 0.850. The third-order valence-electron chi connectivity index (χ3n) is 5.34. The molecule has 0 amide bonds. The number of ether oxygens (including phenoxy) is 1. The van der Waals surface area contributed by atoms with E-state index in [0.29, 0.717) is 5.92 Å². The summed E-state index contributed by atoms with van der Waals surface area (Å²) in [6.45, 7) is 8.62. The van der Waals surface area contributed by atoms with Crippen molar-refractivity contribution in [3.8, 4) is 0 Å². The third-order valence-corrected chi connectivity index (χ3v) is 5.34. The molecule has 2 aliphatic heterocycles. The second kappa shape index (κ2) is 6.57. The second-order valence-electron chi connectivity index (χ2n) is 6.97. The number of hydrogen-bond acceptors (Lipinski definition) is 4. The molecule has 2 atom stereocenters. The predicted octanol–water partition coefficient (Wildman–Crippen LogP) is 2.35. The monoisotopic (exact) mass is 314 g/mol. The second-order valence-corrected chi connectivity index (χ2v) is 6.97. The summed E-state index contributed by atoms with van der Waals surface area (Å²) in [5, 5.41) is 0. The van der Waals surface area contributed by atoms with Crippen LogP contribution in [0.5, 0.6) is 0 Å². The summed E-state index contributed by atoms with van der Waals surface area (Å²) in [4.78, 5) is 12.1. The van der Waals surface area contributed by atoms with Crippen LogP contribution in [0.3, 0.4) is 0 Å². The first-order valence-electron chi connectivity index (χ1n) is 8.93. The van der Waals surface area contributed by atoms with Crippen LogP contribution in [-0.2, 0) is 17.7 Å².